The summed E-state index contributed by atoms with van der Waals surface area (Å²) >= 11 is 0. The Hall–Kier alpha value is -3.23. The Morgan fingerprint density at radius 1 is 0.561 bits per heavy atom. The van der Waals surface area contributed by atoms with Crippen molar-refractivity contribution in [1.82, 2.24) is 0 Å². The minimum Gasteiger partial charge on any atom is -0.544 e. The second-order valence-electron chi connectivity index (χ2n) is 15.9. The Bertz CT molecular complexity index is 1160. The van der Waals surface area contributed by atoms with Crippen LogP contribution in [0.15, 0.2) is 72.9 Å². The van der Waals surface area contributed by atoms with E-state index < -0.39 is 18.1 Å². The van der Waals surface area contributed by atoms with Crippen LogP contribution in [0.1, 0.15) is 168 Å². The minimum atomic E-state index is -1.13. The summed E-state index contributed by atoms with van der Waals surface area (Å²) < 4.78 is 17.1. The van der Waals surface area contributed by atoms with Crippen molar-refractivity contribution < 1.29 is 38.2 Å². The van der Waals surface area contributed by atoms with Crippen LogP contribution in [0.2, 0.25) is 0 Å². The summed E-state index contributed by atoms with van der Waals surface area (Å²) in [6.07, 6.45) is 49.3. The number of rotatable bonds is 39. The number of allylic oxidation sites excluding steroid dienone is 12. The fourth-order valence-electron chi connectivity index (χ4n) is 6.10. The summed E-state index contributed by atoms with van der Waals surface area (Å²) in [5.74, 6) is -1.79. The molecule has 0 radical (unpaired) electrons. The molecule has 2 unspecified atom stereocenters. The number of hydrogen-bond acceptors (Lipinski definition) is 7. The lowest BCUT2D eigenvalue weighted by molar-refractivity contribution is -0.889. The molecule has 0 aliphatic rings. The largest absolute Gasteiger partial charge is 0.544 e. The second-order valence-corrected chi connectivity index (χ2v) is 15.9. The van der Waals surface area contributed by atoms with E-state index in [-0.39, 0.29) is 49.1 Å². The summed E-state index contributed by atoms with van der Waals surface area (Å²) in [4.78, 5) is 36.8. The number of likely N-dealkylation sites (N-methyl/N-ethyl adjacent to an activating group) is 1. The number of carboxylic acid groups (broad SMARTS) is 1. The molecule has 0 saturated carbocycles. The number of quaternary nitrogens is 1. The molecule has 0 amide bonds. The van der Waals surface area contributed by atoms with Gasteiger partial charge in [-0.25, -0.2) is 0 Å². The van der Waals surface area contributed by atoms with Gasteiger partial charge in [-0.2, -0.15) is 0 Å². The molecular weight excluding hydrogens is 715 g/mol. The van der Waals surface area contributed by atoms with Crippen molar-refractivity contribution >= 4 is 17.9 Å². The molecule has 0 rings (SSSR count). The smallest absolute Gasteiger partial charge is 0.306 e. The first-order chi connectivity index (χ1) is 27.6. The topological polar surface area (TPSA) is 102 Å². The van der Waals surface area contributed by atoms with Crippen molar-refractivity contribution in [3.05, 3.63) is 72.9 Å². The quantitative estimate of drug-likeness (QED) is 0.0201. The minimum absolute atomic E-state index is 0.0247. The number of unbranched alkanes of at least 4 members (excludes halogenated alkanes) is 14. The molecule has 0 N–H and O–H groups in total. The molecule has 326 valence electrons. The van der Waals surface area contributed by atoms with Crippen molar-refractivity contribution in [2.45, 2.75) is 180 Å². The van der Waals surface area contributed by atoms with E-state index in [1.807, 2.05) is 0 Å². The van der Waals surface area contributed by atoms with Gasteiger partial charge in [-0.05, 0) is 70.6 Å². The van der Waals surface area contributed by atoms with Gasteiger partial charge in [-0.1, -0.05) is 151 Å². The van der Waals surface area contributed by atoms with Gasteiger partial charge in [0, 0.05) is 19.3 Å². The summed E-state index contributed by atoms with van der Waals surface area (Å²) in [7, 11) is 5.39. The Labute approximate surface area is 349 Å². The fourth-order valence-corrected chi connectivity index (χ4v) is 6.10. The van der Waals surface area contributed by atoms with Gasteiger partial charge in [-0.3, -0.25) is 9.59 Å². The van der Waals surface area contributed by atoms with E-state index in [4.69, 9.17) is 14.2 Å². The number of hydrogen-bond donors (Lipinski definition) is 0. The maximum Gasteiger partial charge on any atom is 0.306 e. The Balaban J connectivity index is 4.28. The molecule has 0 aromatic carbocycles. The van der Waals surface area contributed by atoms with Crippen molar-refractivity contribution in [3.8, 4) is 0 Å². The molecule has 0 bridgehead atoms. The molecule has 0 aromatic rings. The third kappa shape index (κ3) is 38.1. The zero-order valence-corrected chi connectivity index (χ0v) is 37.0. The van der Waals surface area contributed by atoms with Crippen molar-refractivity contribution in [1.29, 1.82) is 0 Å². The first kappa shape index (κ1) is 53.8. The van der Waals surface area contributed by atoms with E-state index in [1.165, 1.54) is 51.4 Å². The van der Waals surface area contributed by atoms with Crippen LogP contribution in [-0.2, 0) is 28.6 Å². The van der Waals surface area contributed by atoms with Crippen LogP contribution in [0.3, 0.4) is 0 Å². The standard InChI is InChI=1S/C49H83NO7/c1-6-8-10-12-14-16-18-19-20-21-22-23-24-25-26-27-28-30-31-33-35-37-39-47(51)56-44-45(43-55-42-41-46(49(53)54)50(3,4)5)57-48(52)40-38-36-34-32-29-17-15-13-11-9-7-2/h8,10,13-17,19-20,22-23,29,45-46H,6-7,9,11-12,18,21,24-28,30-44H2,1-5H3/b10-8+,15-13+,16-14+,20-19+,23-22+,29-17+. The fraction of sp³-hybridized carbons (Fsp3) is 0.694. The highest BCUT2D eigenvalue weighted by Crippen LogP contribution is 2.13. The lowest BCUT2D eigenvalue weighted by Crippen LogP contribution is -2.55. The van der Waals surface area contributed by atoms with Crippen molar-refractivity contribution in [2.75, 3.05) is 41.0 Å². The Morgan fingerprint density at radius 2 is 1.04 bits per heavy atom. The normalized spacial score (nSPS) is 13.6. The maximum absolute atomic E-state index is 12.7. The van der Waals surface area contributed by atoms with Gasteiger partial charge in [0.25, 0.3) is 0 Å². The molecule has 0 aliphatic heterocycles. The second kappa shape index (κ2) is 39.6. The lowest BCUT2D eigenvalue weighted by Gasteiger charge is -2.34. The van der Waals surface area contributed by atoms with E-state index in [0.29, 0.717) is 6.42 Å². The maximum atomic E-state index is 12.7. The van der Waals surface area contributed by atoms with Crippen LogP contribution in [0.25, 0.3) is 0 Å². The SMILES string of the molecule is CC/C=C/C/C=C/C/C=C/C/C=C/CCCCCCCCCCCC(=O)OCC(COCCC(C(=O)[O-])[N+](C)(C)C)OC(=O)CCCCC/C=C/C=C/CCCC. The number of aliphatic carboxylic acids is 1. The molecule has 0 aliphatic carbocycles. The number of carboxylic acids is 1. The zero-order valence-electron chi connectivity index (χ0n) is 37.0. The van der Waals surface area contributed by atoms with E-state index in [1.54, 1.807) is 21.1 Å². The van der Waals surface area contributed by atoms with Crippen LogP contribution in [0.5, 0.6) is 0 Å². The molecule has 0 fully saturated rings. The van der Waals surface area contributed by atoms with Crippen molar-refractivity contribution in [2.24, 2.45) is 0 Å². The highest BCUT2D eigenvalue weighted by Gasteiger charge is 2.25. The third-order valence-electron chi connectivity index (χ3n) is 9.60. The van der Waals surface area contributed by atoms with Gasteiger partial charge < -0.3 is 28.6 Å². The summed E-state index contributed by atoms with van der Waals surface area (Å²) in [5, 5.41) is 11.6. The monoisotopic (exact) mass is 798 g/mol. The van der Waals surface area contributed by atoms with Gasteiger partial charge in [0.15, 0.2) is 6.10 Å². The molecule has 8 nitrogen and oxygen atoms in total. The Morgan fingerprint density at radius 3 is 1.58 bits per heavy atom. The molecule has 8 heteroatoms. The van der Waals surface area contributed by atoms with Crippen LogP contribution in [-0.4, -0.2) is 75.5 Å². The summed E-state index contributed by atoms with van der Waals surface area (Å²) in [6, 6.07) is -0.734. The van der Waals surface area contributed by atoms with Crippen LogP contribution in [0, 0.1) is 0 Å². The number of ether oxygens (including phenoxy) is 3. The van der Waals surface area contributed by atoms with Gasteiger partial charge >= 0.3 is 11.9 Å². The van der Waals surface area contributed by atoms with Gasteiger partial charge in [0.05, 0.1) is 40.3 Å². The summed E-state index contributed by atoms with van der Waals surface area (Å²) in [6.45, 7) is 4.45. The highest BCUT2D eigenvalue weighted by atomic mass is 16.6. The Kier molecular flexibility index (Phi) is 37.3. The van der Waals surface area contributed by atoms with E-state index in [2.05, 4.69) is 86.8 Å². The molecular formula is C49H83NO7. The van der Waals surface area contributed by atoms with Gasteiger partial charge in [0.1, 0.15) is 12.6 Å². The van der Waals surface area contributed by atoms with Crippen LogP contribution in [0.4, 0.5) is 0 Å². The van der Waals surface area contributed by atoms with Gasteiger partial charge in [0.2, 0.25) is 0 Å². The molecule has 57 heavy (non-hydrogen) atoms. The van der Waals surface area contributed by atoms with Crippen LogP contribution >= 0.6 is 0 Å². The molecule has 0 spiro atoms. The molecule has 0 aromatic heterocycles. The van der Waals surface area contributed by atoms with E-state index >= 15 is 0 Å². The van der Waals surface area contributed by atoms with E-state index in [0.717, 1.165) is 83.5 Å². The zero-order chi connectivity index (χ0) is 42.1. The average Bonchev–Trinajstić information content (AvgIpc) is 3.17. The third-order valence-corrected chi connectivity index (χ3v) is 9.60. The number of carbonyl (C=O) groups excluding carboxylic acids is 3. The van der Waals surface area contributed by atoms with E-state index in [9.17, 15) is 19.5 Å². The molecule has 0 heterocycles. The number of carbonyl (C=O) groups is 3. The van der Waals surface area contributed by atoms with Crippen molar-refractivity contribution in [3.63, 3.8) is 0 Å². The summed E-state index contributed by atoms with van der Waals surface area (Å²) in [5.41, 5.74) is 0. The van der Waals surface area contributed by atoms with Crippen LogP contribution < -0.4 is 5.11 Å². The molecule has 2 atom stereocenters. The first-order valence-electron chi connectivity index (χ1n) is 22.5. The number of esters is 2. The highest BCUT2D eigenvalue weighted by molar-refractivity contribution is 5.70. The number of nitrogens with zero attached hydrogens (tertiary/aromatic N) is 1. The predicted octanol–water partition coefficient (Wildman–Crippen LogP) is 11.0. The lowest BCUT2D eigenvalue weighted by atomic mass is 10.1. The molecule has 0 saturated heterocycles. The average molecular weight is 798 g/mol. The first-order valence-corrected chi connectivity index (χ1v) is 22.5. The predicted molar refractivity (Wildman–Crippen MR) is 235 cm³/mol. The van der Waals surface area contributed by atoms with Gasteiger partial charge in [-0.15, -0.1) is 0 Å².